The average Bonchev–Trinajstić information content (AvgIpc) is 3.01. The molecule has 0 spiro atoms. The third-order valence-corrected chi connectivity index (χ3v) is 2.64. The molecule has 1 saturated carbocycles. The summed E-state index contributed by atoms with van der Waals surface area (Å²) in [5.41, 5.74) is 0.479. The Labute approximate surface area is 88.5 Å². The number of hydrogen-bond donors (Lipinski definition) is 1. The molecule has 1 aromatic carbocycles. The smallest absolute Gasteiger partial charge is 0.126 e. The molecule has 0 saturated heterocycles. The fourth-order valence-electron chi connectivity index (χ4n) is 1.61. The summed E-state index contributed by atoms with van der Waals surface area (Å²) in [4.78, 5) is 0. The molecule has 0 aliphatic heterocycles. The molecule has 0 aromatic heterocycles. The molecule has 1 N–H and O–H groups in total. The van der Waals surface area contributed by atoms with Crippen LogP contribution in [0, 0.1) is 11.6 Å². The van der Waals surface area contributed by atoms with Gasteiger partial charge in [0.2, 0.25) is 0 Å². The number of aryl methyl sites for hydroxylation is 1. The molecule has 0 radical (unpaired) electrons. The quantitative estimate of drug-likeness (QED) is 0.738. The van der Waals surface area contributed by atoms with E-state index >= 15 is 0 Å². The lowest BCUT2D eigenvalue weighted by Gasteiger charge is -2.04. The summed E-state index contributed by atoms with van der Waals surface area (Å²) in [6, 6.07) is 4.31. The van der Waals surface area contributed by atoms with Gasteiger partial charge in [0.15, 0.2) is 0 Å². The summed E-state index contributed by atoms with van der Waals surface area (Å²) in [5, 5.41) is 3.34. The number of halogens is 2. The van der Waals surface area contributed by atoms with Crippen molar-refractivity contribution in [1.29, 1.82) is 0 Å². The summed E-state index contributed by atoms with van der Waals surface area (Å²) in [5.74, 6) is -0.663. The van der Waals surface area contributed by atoms with Crippen LogP contribution in [0.5, 0.6) is 0 Å². The number of nitrogens with one attached hydrogen (secondary N) is 1. The maximum absolute atomic E-state index is 13.2. The van der Waals surface area contributed by atoms with Crippen molar-refractivity contribution in [1.82, 2.24) is 5.32 Å². The SMILES string of the molecule is Fc1ccc(F)c(CCCNC2CC2)c1. The van der Waals surface area contributed by atoms with E-state index in [0.717, 1.165) is 19.0 Å². The van der Waals surface area contributed by atoms with Crippen LogP contribution >= 0.6 is 0 Å². The Bertz CT molecular complexity index is 334. The van der Waals surface area contributed by atoms with Crippen LogP contribution in [0.2, 0.25) is 0 Å². The van der Waals surface area contributed by atoms with Gasteiger partial charge in [0.05, 0.1) is 0 Å². The topological polar surface area (TPSA) is 12.0 Å². The highest BCUT2D eigenvalue weighted by atomic mass is 19.1. The maximum Gasteiger partial charge on any atom is 0.126 e. The summed E-state index contributed by atoms with van der Waals surface area (Å²) in [7, 11) is 0. The highest BCUT2D eigenvalue weighted by Crippen LogP contribution is 2.18. The van der Waals surface area contributed by atoms with Gasteiger partial charge in [-0.25, -0.2) is 8.78 Å². The van der Waals surface area contributed by atoms with Gasteiger partial charge in [-0.05, 0) is 56.0 Å². The molecular weight excluding hydrogens is 196 g/mol. The minimum Gasteiger partial charge on any atom is -0.314 e. The van der Waals surface area contributed by atoms with Gasteiger partial charge in [-0.3, -0.25) is 0 Å². The monoisotopic (exact) mass is 211 g/mol. The molecule has 1 aromatic rings. The molecule has 2 rings (SSSR count). The normalized spacial score (nSPS) is 15.6. The Hall–Kier alpha value is -0.960. The van der Waals surface area contributed by atoms with Crippen molar-refractivity contribution in [2.24, 2.45) is 0 Å². The summed E-state index contributed by atoms with van der Waals surface area (Å²) < 4.78 is 26.0. The van der Waals surface area contributed by atoms with Crippen molar-refractivity contribution >= 4 is 0 Å². The summed E-state index contributed by atoms with van der Waals surface area (Å²) in [6.07, 6.45) is 3.98. The molecule has 1 fully saturated rings. The first-order valence-corrected chi connectivity index (χ1v) is 5.43. The molecule has 15 heavy (non-hydrogen) atoms. The first-order chi connectivity index (χ1) is 7.25. The van der Waals surface area contributed by atoms with Crippen LogP contribution in [0.4, 0.5) is 8.78 Å². The fourth-order valence-corrected chi connectivity index (χ4v) is 1.61. The van der Waals surface area contributed by atoms with E-state index in [2.05, 4.69) is 5.32 Å². The van der Waals surface area contributed by atoms with E-state index in [1.807, 2.05) is 0 Å². The van der Waals surface area contributed by atoms with Crippen LogP contribution in [-0.2, 0) is 6.42 Å². The Balaban J connectivity index is 1.78. The zero-order chi connectivity index (χ0) is 10.7. The lowest BCUT2D eigenvalue weighted by Crippen LogP contribution is -2.18. The molecular formula is C12H15F2N. The van der Waals surface area contributed by atoms with Crippen LogP contribution in [0.1, 0.15) is 24.8 Å². The van der Waals surface area contributed by atoms with Gasteiger partial charge >= 0.3 is 0 Å². The van der Waals surface area contributed by atoms with Crippen molar-refractivity contribution < 1.29 is 8.78 Å². The van der Waals surface area contributed by atoms with Gasteiger partial charge < -0.3 is 5.32 Å². The van der Waals surface area contributed by atoms with Gasteiger partial charge in [0.1, 0.15) is 11.6 Å². The number of hydrogen-bond acceptors (Lipinski definition) is 1. The van der Waals surface area contributed by atoms with Crippen molar-refractivity contribution in [3.05, 3.63) is 35.4 Å². The first-order valence-electron chi connectivity index (χ1n) is 5.43. The van der Waals surface area contributed by atoms with Crippen molar-refractivity contribution in [3.8, 4) is 0 Å². The van der Waals surface area contributed by atoms with Crippen LogP contribution in [0.25, 0.3) is 0 Å². The molecule has 1 nitrogen and oxygen atoms in total. The average molecular weight is 211 g/mol. The molecule has 0 amide bonds. The predicted octanol–water partition coefficient (Wildman–Crippen LogP) is 2.65. The van der Waals surface area contributed by atoms with Crippen LogP contribution in [0.15, 0.2) is 18.2 Å². The minimum atomic E-state index is -0.360. The molecule has 82 valence electrons. The van der Waals surface area contributed by atoms with E-state index in [1.54, 1.807) is 0 Å². The second kappa shape index (κ2) is 4.71. The third-order valence-electron chi connectivity index (χ3n) is 2.64. The summed E-state index contributed by atoms with van der Waals surface area (Å²) in [6.45, 7) is 0.890. The van der Waals surface area contributed by atoms with E-state index in [1.165, 1.54) is 25.0 Å². The van der Waals surface area contributed by atoms with E-state index in [4.69, 9.17) is 0 Å². The van der Waals surface area contributed by atoms with Gasteiger partial charge in [0, 0.05) is 6.04 Å². The van der Waals surface area contributed by atoms with Gasteiger partial charge in [0.25, 0.3) is 0 Å². The molecule has 1 aliphatic carbocycles. The maximum atomic E-state index is 13.2. The lowest BCUT2D eigenvalue weighted by atomic mass is 10.1. The van der Waals surface area contributed by atoms with Crippen molar-refractivity contribution in [2.45, 2.75) is 31.7 Å². The lowest BCUT2D eigenvalue weighted by molar-refractivity contribution is 0.573. The van der Waals surface area contributed by atoms with E-state index in [9.17, 15) is 8.78 Å². The van der Waals surface area contributed by atoms with Gasteiger partial charge in [-0.2, -0.15) is 0 Å². The standard InChI is InChI=1S/C12H15F2N/c13-10-3-6-12(14)9(8-10)2-1-7-15-11-4-5-11/h3,6,8,11,15H,1-2,4-5,7H2. The molecule has 0 unspecified atom stereocenters. The molecule has 0 heterocycles. The largest absolute Gasteiger partial charge is 0.314 e. The van der Waals surface area contributed by atoms with Crippen molar-refractivity contribution in [2.75, 3.05) is 6.54 Å². The Morgan fingerprint density at radius 3 is 2.80 bits per heavy atom. The van der Waals surface area contributed by atoms with E-state index in [-0.39, 0.29) is 11.6 Å². The van der Waals surface area contributed by atoms with Gasteiger partial charge in [-0.15, -0.1) is 0 Å². The Kier molecular flexibility index (Phi) is 3.31. The summed E-state index contributed by atoms with van der Waals surface area (Å²) >= 11 is 0. The van der Waals surface area contributed by atoms with Crippen LogP contribution in [0.3, 0.4) is 0 Å². The fraction of sp³-hybridized carbons (Fsp3) is 0.500. The van der Waals surface area contributed by atoms with Crippen molar-refractivity contribution in [3.63, 3.8) is 0 Å². The second-order valence-corrected chi connectivity index (χ2v) is 4.07. The molecule has 3 heteroatoms. The minimum absolute atomic E-state index is 0.303. The highest BCUT2D eigenvalue weighted by Gasteiger charge is 2.19. The van der Waals surface area contributed by atoms with Gasteiger partial charge in [-0.1, -0.05) is 0 Å². The number of benzene rings is 1. The van der Waals surface area contributed by atoms with Crippen LogP contribution in [-0.4, -0.2) is 12.6 Å². The van der Waals surface area contributed by atoms with Crippen LogP contribution < -0.4 is 5.32 Å². The Morgan fingerprint density at radius 1 is 1.27 bits per heavy atom. The second-order valence-electron chi connectivity index (χ2n) is 4.07. The van der Waals surface area contributed by atoms with E-state index < -0.39 is 0 Å². The van der Waals surface area contributed by atoms with E-state index in [0.29, 0.717) is 18.0 Å². The molecule has 1 aliphatic rings. The number of rotatable bonds is 5. The Morgan fingerprint density at radius 2 is 2.07 bits per heavy atom. The zero-order valence-electron chi connectivity index (χ0n) is 8.60. The zero-order valence-corrected chi connectivity index (χ0v) is 8.60. The predicted molar refractivity (Wildman–Crippen MR) is 55.7 cm³/mol. The molecule has 0 atom stereocenters. The third kappa shape index (κ3) is 3.27. The first kappa shape index (κ1) is 10.6. The molecule has 0 bridgehead atoms. The highest BCUT2D eigenvalue weighted by molar-refractivity contribution is 5.18.